The summed E-state index contributed by atoms with van der Waals surface area (Å²) in [5.41, 5.74) is 4.01. The van der Waals surface area contributed by atoms with Gasteiger partial charge in [-0.2, -0.15) is 0 Å². The van der Waals surface area contributed by atoms with Crippen LogP contribution in [0.3, 0.4) is 0 Å². The van der Waals surface area contributed by atoms with E-state index in [4.69, 9.17) is 0 Å². The van der Waals surface area contributed by atoms with E-state index in [1.54, 1.807) is 4.90 Å². The molecular weight excluding hydrogens is 382 g/mol. The molecule has 29 heavy (non-hydrogen) atoms. The molecule has 5 nitrogen and oxygen atoms in total. The SMILES string of the molecule is Cc1cc(C)cc(NC(=O)C2CC3CSCN3C23C(=O)N(C)c2ccccc23)c1. The van der Waals surface area contributed by atoms with Crippen molar-refractivity contribution in [1.82, 2.24) is 4.90 Å². The number of likely N-dealkylation sites (N-methyl/N-ethyl adjacent to an activating group) is 1. The summed E-state index contributed by atoms with van der Waals surface area (Å²) in [6, 6.07) is 14.3. The molecule has 0 radical (unpaired) electrons. The maximum absolute atomic E-state index is 13.7. The largest absolute Gasteiger partial charge is 0.326 e. The third-order valence-corrected chi connectivity index (χ3v) is 7.64. The minimum absolute atomic E-state index is 0.0178. The highest BCUT2D eigenvalue weighted by molar-refractivity contribution is 7.99. The van der Waals surface area contributed by atoms with Gasteiger partial charge in [-0.05, 0) is 49.6 Å². The summed E-state index contributed by atoms with van der Waals surface area (Å²) in [5.74, 6) is 1.30. The molecule has 1 N–H and O–H groups in total. The number of carbonyl (C=O) groups excluding carboxylic acids is 2. The highest BCUT2D eigenvalue weighted by Gasteiger charge is 2.66. The molecule has 1 spiro atoms. The van der Waals surface area contributed by atoms with E-state index in [-0.39, 0.29) is 17.9 Å². The van der Waals surface area contributed by atoms with Crippen molar-refractivity contribution in [3.8, 4) is 0 Å². The Hall–Kier alpha value is -2.31. The van der Waals surface area contributed by atoms with Crippen molar-refractivity contribution >= 4 is 35.0 Å². The van der Waals surface area contributed by atoms with Crippen molar-refractivity contribution in [2.24, 2.45) is 5.92 Å². The first kappa shape index (κ1) is 18.7. The van der Waals surface area contributed by atoms with Gasteiger partial charge in [-0.25, -0.2) is 0 Å². The van der Waals surface area contributed by atoms with Crippen LogP contribution in [0.5, 0.6) is 0 Å². The fraction of sp³-hybridized carbons (Fsp3) is 0.391. The summed E-state index contributed by atoms with van der Waals surface area (Å²) < 4.78 is 0. The lowest BCUT2D eigenvalue weighted by molar-refractivity contribution is -0.136. The lowest BCUT2D eigenvalue weighted by atomic mass is 9.79. The third-order valence-electron chi connectivity index (χ3n) is 6.56. The standard InChI is InChI=1S/C23H25N3O2S/c1-14-8-15(2)10-16(9-14)24-21(27)19-11-17-12-29-13-26(17)23(19)18-6-4-5-7-20(18)25(3)22(23)28/h4-10,17,19H,11-13H2,1-3H3,(H,24,27). The van der Waals surface area contributed by atoms with Crippen molar-refractivity contribution in [3.05, 3.63) is 59.2 Å². The molecule has 3 heterocycles. The van der Waals surface area contributed by atoms with Crippen molar-refractivity contribution < 1.29 is 9.59 Å². The van der Waals surface area contributed by atoms with Crippen molar-refractivity contribution in [2.75, 3.05) is 28.9 Å². The van der Waals surface area contributed by atoms with Gasteiger partial charge in [0.2, 0.25) is 5.91 Å². The molecule has 3 aliphatic heterocycles. The molecular formula is C23H25N3O2S. The van der Waals surface area contributed by atoms with E-state index >= 15 is 0 Å². The first-order chi connectivity index (χ1) is 13.9. The summed E-state index contributed by atoms with van der Waals surface area (Å²) >= 11 is 1.85. The van der Waals surface area contributed by atoms with Gasteiger partial charge in [-0.3, -0.25) is 14.5 Å². The number of para-hydroxylation sites is 1. The van der Waals surface area contributed by atoms with Crippen molar-refractivity contribution in [1.29, 1.82) is 0 Å². The predicted molar refractivity (Wildman–Crippen MR) is 117 cm³/mol. The van der Waals surface area contributed by atoms with Gasteiger partial charge < -0.3 is 10.2 Å². The fourth-order valence-electron chi connectivity index (χ4n) is 5.47. The van der Waals surface area contributed by atoms with E-state index < -0.39 is 11.5 Å². The van der Waals surface area contributed by atoms with Crippen molar-refractivity contribution in [3.63, 3.8) is 0 Å². The van der Waals surface area contributed by atoms with Crippen LogP contribution >= 0.6 is 11.8 Å². The van der Waals surface area contributed by atoms with E-state index in [0.29, 0.717) is 6.42 Å². The number of fused-ring (bicyclic) bond motifs is 4. The van der Waals surface area contributed by atoms with Crippen LogP contribution in [0.25, 0.3) is 0 Å². The number of rotatable bonds is 2. The molecule has 6 heteroatoms. The molecule has 0 aliphatic carbocycles. The van der Waals surface area contributed by atoms with Crippen LogP contribution in [0, 0.1) is 19.8 Å². The van der Waals surface area contributed by atoms with Crippen LogP contribution in [0.4, 0.5) is 11.4 Å². The lowest BCUT2D eigenvalue weighted by Crippen LogP contribution is -2.54. The number of nitrogens with zero attached hydrogens (tertiary/aromatic N) is 2. The average molecular weight is 408 g/mol. The quantitative estimate of drug-likeness (QED) is 0.828. The zero-order chi connectivity index (χ0) is 20.3. The van der Waals surface area contributed by atoms with E-state index in [2.05, 4.69) is 16.3 Å². The van der Waals surface area contributed by atoms with Gasteiger partial charge >= 0.3 is 0 Å². The highest BCUT2D eigenvalue weighted by atomic mass is 32.2. The van der Waals surface area contributed by atoms with Crippen LogP contribution in [-0.2, 0) is 15.1 Å². The van der Waals surface area contributed by atoms with Gasteiger partial charge in [0.1, 0.15) is 5.54 Å². The first-order valence-electron chi connectivity index (χ1n) is 10.0. The fourth-order valence-corrected chi connectivity index (χ4v) is 6.77. The van der Waals surface area contributed by atoms with Crippen LogP contribution in [0.2, 0.25) is 0 Å². The summed E-state index contributed by atoms with van der Waals surface area (Å²) in [5, 5.41) is 3.13. The highest BCUT2D eigenvalue weighted by Crippen LogP contribution is 2.57. The molecule has 150 valence electrons. The number of hydrogen-bond donors (Lipinski definition) is 1. The smallest absolute Gasteiger partial charge is 0.252 e. The molecule has 0 saturated carbocycles. The van der Waals surface area contributed by atoms with Gasteiger partial charge in [0.05, 0.1) is 5.92 Å². The Morgan fingerprint density at radius 3 is 2.66 bits per heavy atom. The molecule has 3 aliphatic rings. The normalized spacial score (nSPS) is 28.1. The number of carbonyl (C=O) groups is 2. The minimum Gasteiger partial charge on any atom is -0.326 e. The number of thioether (sulfide) groups is 1. The summed E-state index contributed by atoms with van der Waals surface area (Å²) in [6.45, 7) is 4.05. The number of nitrogens with one attached hydrogen (secondary N) is 1. The van der Waals surface area contributed by atoms with Gasteiger partial charge in [0.25, 0.3) is 5.91 Å². The van der Waals surface area contributed by atoms with Crippen LogP contribution in [0.15, 0.2) is 42.5 Å². The van der Waals surface area contributed by atoms with E-state index in [0.717, 1.165) is 39.7 Å². The first-order valence-corrected chi connectivity index (χ1v) is 11.2. The summed E-state index contributed by atoms with van der Waals surface area (Å²) in [7, 11) is 1.82. The topological polar surface area (TPSA) is 52.7 Å². The molecule has 3 atom stereocenters. The number of amides is 2. The summed E-state index contributed by atoms with van der Waals surface area (Å²) in [6.07, 6.45) is 0.706. The second kappa shape index (κ2) is 6.61. The van der Waals surface area contributed by atoms with Gasteiger partial charge in [-0.15, -0.1) is 11.8 Å². The average Bonchev–Trinajstić information content (AvgIpc) is 3.31. The van der Waals surface area contributed by atoms with Crippen molar-refractivity contribution in [2.45, 2.75) is 31.8 Å². The molecule has 2 amide bonds. The monoisotopic (exact) mass is 407 g/mol. The van der Waals surface area contributed by atoms with Crippen LogP contribution < -0.4 is 10.2 Å². The molecule has 0 bridgehead atoms. The second-order valence-electron chi connectivity index (χ2n) is 8.43. The van der Waals surface area contributed by atoms with Crippen LogP contribution in [-0.4, -0.2) is 41.4 Å². The zero-order valence-corrected chi connectivity index (χ0v) is 17.8. The Labute approximate surface area is 175 Å². The molecule has 2 aromatic carbocycles. The lowest BCUT2D eigenvalue weighted by Gasteiger charge is -2.36. The number of aryl methyl sites for hydroxylation is 2. The minimum atomic E-state index is -0.900. The molecule has 0 aromatic heterocycles. The Morgan fingerprint density at radius 2 is 1.90 bits per heavy atom. The molecule has 2 fully saturated rings. The van der Waals surface area contributed by atoms with Gasteiger partial charge in [0.15, 0.2) is 0 Å². The molecule has 2 aromatic rings. The Balaban J connectivity index is 1.59. The van der Waals surface area contributed by atoms with Gasteiger partial charge in [-0.1, -0.05) is 24.3 Å². The maximum atomic E-state index is 13.7. The van der Waals surface area contributed by atoms with E-state index in [9.17, 15) is 9.59 Å². The Kier molecular flexibility index (Phi) is 4.26. The Bertz CT molecular complexity index is 1000. The predicted octanol–water partition coefficient (Wildman–Crippen LogP) is 3.51. The molecule has 2 saturated heterocycles. The molecule has 3 unspecified atom stereocenters. The van der Waals surface area contributed by atoms with E-state index in [1.807, 2.05) is 69.1 Å². The third kappa shape index (κ3) is 2.58. The molecule has 5 rings (SSSR count). The second-order valence-corrected chi connectivity index (χ2v) is 9.42. The number of hydrogen-bond acceptors (Lipinski definition) is 4. The zero-order valence-electron chi connectivity index (χ0n) is 16.9. The van der Waals surface area contributed by atoms with E-state index in [1.165, 1.54) is 0 Å². The number of anilines is 2. The van der Waals surface area contributed by atoms with Crippen LogP contribution in [0.1, 0.15) is 23.1 Å². The number of benzene rings is 2. The Morgan fingerprint density at radius 1 is 1.17 bits per heavy atom. The maximum Gasteiger partial charge on any atom is 0.252 e. The van der Waals surface area contributed by atoms with Gasteiger partial charge in [0, 0.05) is 41.7 Å². The summed E-state index contributed by atoms with van der Waals surface area (Å²) in [4.78, 5) is 31.3.